The first-order valence-electron chi connectivity index (χ1n) is 13.3. The number of hydrogen-bond acceptors (Lipinski definition) is 4. The molecule has 0 spiro atoms. The molecule has 1 saturated heterocycles. The van der Waals surface area contributed by atoms with E-state index in [0.717, 1.165) is 25.7 Å². The van der Waals surface area contributed by atoms with E-state index < -0.39 is 20.9 Å². The van der Waals surface area contributed by atoms with E-state index in [1.54, 1.807) is 24.3 Å². The number of hydrogen-bond donors (Lipinski definition) is 2. The van der Waals surface area contributed by atoms with E-state index in [-0.39, 0.29) is 47.2 Å². The Morgan fingerprint density at radius 1 is 0.973 bits per heavy atom. The zero-order chi connectivity index (χ0) is 27.8. The Morgan fingerprint density at radius 3 is 1.95 bits per heavy atom. The summed E-state index contributed by atoms with van der Waals surface area (Å²) in [4.78, 5) is 25.1. The maximum absolute atomic E-state index is 13.6. The molecule has 206 valence electrons. The summed E-state index contributed by atoms with van der Waals surface area (Å²) in [5, 5.41) is 5.99. The molecule has 2 aliphatic rings. The number of nitrogens with zero attached hydrogens (tertiary/aromatic N) is 1. The van der Waals surface area contributed by atoms with Crippen molar-refractivity contribution in [3.8, 4) is 0 Å². The summed E-state index contributed by atoms with van der Waals surface area (Å²) in [6.07, 6.45) is 5.12. The highest BCUT2D eigenvalue weighted by atomic mass is 32.2. The van der Waals surface area contributed by atoms with Crippen molar-refractivity contribution < 1.29 is 18.0 Å². The first kappa shape index (κ1) is 29.4. The molecule has 8 heteroatoms. The molecule has 0 unspecified atom stereocenters. The standard InChI is InChI=1S/C29H45N3O4S/c1-9-24(33)31-26-28(5,6)18-32(19-29(26,7)8)37(35,36)23-16-14-22(15-17-23)30-25(34)20-10-12-21(13-11-20)27(2,3)4/h9,14-17,20-21,26H,1,10-13,18-19H2,2-8H3,(H,30,34)(H,31,33). The van der Waals surface area contributed by atoms with Crippen LogP contribution >= 0.6 is 0 Å². The maximum Gasteiger partial charge on any atom is 0.243 e. The number of carbonyl (C=O) groups is 2. The third kappa shape index (κ3) is 6.63. The normalized spacial score (nSPS) is 24.7. The van der Waals surface area contributed by atoms with Crippen molar-refractivity contribution in [2.45, 2.75) is 85.1 Å². The smallest absolute Gasteiger partial charge is 0.243 e. The molecule has 1 aliphatic carbocycles. The fourth-order valence-electron chi connectivity index (χ4n) is 6.29. The molecule has 2 N–H and O–H groups in total. The fraction of sp³-hybridized carbons (Fsp3) is 0.655. The van der Waals surface area contributed by atoms with Crippen LogP contribution in [0.15, 0.2) is 41.8 Å². The van der Waals surface area contributed by atoms with Gasteiger partial charge in [0.2, 0.25) is 21.8 Å². The fourth-order valence-corrected chi connectivity index (χ4v) is 8.08. The SMILES string of the molecule is C=CC(=O)NC1C(C)(C)CN(S(=O)(=O)c2ccc(NC(=O)C3CCC(C(C)(C)C)CC3)cc2)CC1(C)C. The molecular weight excluding hydrogens is 486 g/mol. The first-order valence-corrected chi connectivity index (χ1v) is 14.8. The van der Waals surface area contributed by atoms with Gasteiger partial charge in [-0.2, -0.15) is 4.31 Å². The second kappa shape index (κ2) is 10.5. The van der Waals surface area contributed by atoms with Crippen molar-refractivity contribution in [1.29, 1.82) is 0 Å². The minimum Gasteiger partial charge on any atom is -0.349 e. The Kier molecular flexibility index (Phi) is 8.35. The van der Waals surface area contributed by atoms with E-state index in [0.29, 0.717) is 11.6 Å². The summed E-state index contributed by atoms with van der Waals surface area (Å²) in [6, 6.07) is 6.24. The molecule has 2 amide bonds. The van der Waals surface area contributed by atoms with Crippen LogP contribution in [0.2, 0.25) is 0 Å². The van der Waals surface area contributed by atoms with Crippen molar-refractivity contribution in [2.24, 2.45) is 28.1 Å². The van der Waals surface area contributed by atoms with Crippen molar-refractivity contribution in [3.63, 3.8) is 0 Å². The molecule has 37 heavy (non-hydrogen) atoms. The average molecular weight is 532 g/mol. The largest absolute Gasteiger partial charge is 0.349 e. The number of carbonyl (C=O) groups excluding carboxylic acids is 2. The highest BCUT2D eigenvalue weighted by molar-refractivity contribution is 7.89. The highest BCUT2D eigenvalue weighted by Crippen LogP contribution is 2.42. The summed E-state index contributed by atoms with van der Waals surface area (Å²) in [6.45, 7) is 18.8. The Balaban J connectivity index is 1.68. The lowest BCUT2D eigenvalue weighted by Crippen LogP contribution is -2.64. The van der Waals surface area contributed by atoms with E-state index in [1.165, 1.54) is 10.4 Å². The predicted octanol–water partition coefficient (Wildman–Crippen LogP) is 5.21. The molecule has 1 aromatic rings. The van der Waals surface area contributed by atoms with Crippen LogP contribution in [0, 0.1) is 28.1 Å². The maximum atomic E-state index is 13.6. The number of nitrogens with one attached hydrogen (secondary N) is 2. The van der Waals surface area contributed by atoms with E-state index in [1.807, 2.05) is 27.7 Å². The van der Waals surface area contributed by atoms with Crippen LogP contribution in [0.1, 0.15) is 74.1 Å². The van der Waals surface area contributed by atoms with Gasteiger partial charge in [0.05, 0.1) is 4.90 Å². The lowest BCUT2D eigenvalue weighted by atomic mass is 9.67. The second-order valence-corrected chi connectivity index (χ2v) is 15.3. The molecule has 3 rings (SSSR count). The molecular formula is C29H45N3O4S. The molecule has 1 aromatic carbocycles. The van der Waals surface area contributed by atoms with Gasteiger partial charge in [0.1, 0.15) is 0 Å². The van der Waals surface area contributed by atoms with Crippen LogP contribution in [0.25, 0.3) is 0 Å². The molecule has 0 bridgehead atoms. The Bertz CT molecular complexity index is 1090. The van der Waals surface area contributed by atoms with Crippen LogP contribution in [0.4, 0.5) is 5.69 Å². The Hall–Kier alpha value is -2.19. The number of amides is 2. The van der Waals surface area contributed by atoms with E-state index in [2.05, 4.69) is 38.0 Å². The van der Waals surface area contributed by atoms with Crippen molar-refractivity contribution in [1.82, 2.24) is 9.62 Å². The lowest BCUT2D eigenvalue weighted by molar-refractivity contribution is -0.121. The Morgan fingerprint density at radius 2 is 1.49 bits per heavy atom. The summed E-state index contributed by atoms with van der Waals surface area (Å²) >= 11 is 0. The summed E-state index contributed by atoms with van der Waals surface area (Å²) < 4.78 is 28.7. The molecule has 2 fully saturated rings. The predicted molar refractivity (Wildman–Crippen MR) is 148 cm³/mol. The van der Waals surface area contributed by atoms with E-state index in [9.17, 15) is 18.0 Å². The first-order chi connectivity index (χ1) is 17.0. The summed E-state index contributed by atoms with van der Waals surface area (Å²) in [7, 11) is -3.76. The highest BCUT2D eigenvalue weighted by Gasteiger charge is 2.50. The van der Waals surface area contributed by atoms with Crippen molar-refractivity contribution in [3.05, 3.63) is 36.9 Å². The molecule has 0 aromatic heterocycles. The van der Waals surface area contributed by atoms with Gasteiger partial charge >= 0.3 is 0 Å². The molecule has 0 atom stereocenters. The van der Waals surface area contributed by atoms with Gasteiger partial charge in [-0.15, -0.1) is 0 Å². The topological polar surface area (TPSA) is 95.6 Å². The van der Waals surface area contributed by atoms with Gasteiger partial charge in [0, 0.05) is 30.7 Å². The van der Waals surface area contributed by atoms with Crippen LogP contribution in [-0.4, -0.2) is 43.7 Å². The van der Waals surface area contributed by atoms with Crippen molar-refractivity contribution >= 4 is 27.5 Å². The third-order valence-electron chi connectivity index (χ3n) is 8.29. The zero-order valence-electron chi connectivity index (χ0n) is 23.6. The average Bonchev–Trinajstić information content (AvgIpc) is 2.80. The van der Waals surface area contributed by atoms with Crippen LogP contribution in [-0.2, 0) is 19.6 Å². The van der Waals surface area contributed by atoms with Gasteiger partial charge in [0.25, 0.3) is 0 Å². The molecule has 1 saturated carbocycles. The number of benzene rings is 1. The zero-order valence-corrected chi connectivity index (χ0v) is 24.4. The van der Waals surface area contributed by atoms with E-state index in [4.69, 9.17) is 0 Å². The summed E-state index contributed by atoms with van der Waals surface area (Å²) in [5.74, 6) is 0.381. The van der Waals surface area contributed by atoms with Gasteiger partial charge in [-0.3, -0.25) is 9.59 Å². The monoisotopic (exact) mass is 531 g/mol. The summed E-state index contributed by atoms with van der Waals surface area (Å²) in [5.41, 5.74) is -0.114. The third-order valence-corrected chi connectivity index (χ3v) is 10.1. The second-order valence-electron chi connectivity index (χ2n) is 13.3. The van der Waals surface area contributed by atoms with Gasteiger partial charge in [-0.05, 0) is 78.2 Å². The van der Waals surface area contributed by atoms with Crippen LogP contribution in [0.3, 0.4) is 0 Å². The quantitative estimate of drug-likeness (QED) is 0.493. The number of sulfonamides is 1. The van der Waals surface area contributed by atoms with Crippen LogP contribution in [0.5, 0.6) is 0 Å². The number of anilines is 1. The number of rotatable bonds is 6. The Labute approximate surface area is 223 Å². The van der Waals surface area contributed by atoms with Gasteiger partial charge < -0.3 is 10.6 Å². The van der Waals surface area contributed by atoms with Gasteiger partial charge in [-0.1, -0.05) is 55.0 Å². The van der Waals surface area contributed by atoms with Gasteiger partial charge in [-0.25, -0.2) is 8.42 Å². The minimum absolute atomic E-state index is 0.00523. The van der Waals surface area contributed by atoms with E-state index >= 15 is 0 Å². The molecule has 1 aliphatic heterocycles. The number of piperidine rings is 1. The van der Waals surface area contributed by atoms with Gasteiger partial charge in [0.15, 0.2) is 0 Å². The van der Waals surface area contributed by atoms with Crippen LogP contribution < -0.4 is 10.6 Å². The lowest BCUT2D eigenvalue weighted by Gasteiger charge is -2.52. The molecule has 1 heterocycles. The molecule has 7 nitrogen and oxygen atoms in total. The minimum atomic E-state index is -3.76. The molecule has 0 radical (unpaired) electrons. The van der Waals surface area contributed by atoms with Crippen molar-refractivity contribution in [2.75, 3.05) is 18.4 Å².